The monoisotopic (exact) mass is 574 g/mol. The molecule has 7 aromatic carbocycles. The van der Waals surface area contributed by atoms with Crippen molar-refractivity contribution in [3.05, 3.63) is 158 Å². The molecule has 10 aromatic rings. The Kier molecular flexibility index (Phi) is 5.00. The van der Waals surface area contributed by atoms with Crippen molar-refractivity contribution in [2.45, 2.75) is 0 Å². The molecule has 10 rings (SSSR count). The molecule has 3 heterocycles. The van der Waals surface area contributed by atoms with Gasteiger partial charge in [0.2, 0.25) is 0 Å². The standard InChI is InChI=1S/C42H26N2O/c1-3-12-27(13-4-1)30-18-11-21-40-42(30)33-23-22-29(24-41(33)45-40)44-37-20-10-8-17-32(37)35-25-38-34(26-39(35)44)31-16-7-9-19-36(31)43(38)28-14-5-2-6-15-28/h1-26H. The maximum absolute atomic E-state index is 6.54. The second kappa shape index (κ2) is 9.22. The van der Waals surface area contributed by atoms with E-state index in [4.69, 9.17) is 4.42 Å². The van der Waals surface area contributed by atoms with E-state index in [1.54, 1.807) is 0 Å². The lowest BCUT2D eigenvalue weighted by molar-refractivity contribution is 0.668. The van der Waals surface area contributed by atoms with Gasteiger partial charge in [-0.05, 0) is 65.7 Å². The molecule has 0 amide bonds. The van der Waals surface area contributed by atoms with Gasteiger partial charge in [-0.15, -0.1) is 0 Å². The van der Waals surface area contributed by atoms with Gasteiger partial charge >= 0.3 is 0 Å². The molecule has 0 saturated heterocycles. The number of fused-ring (bicyclic) bond motifs is 9. The zero-order valence-corrected chi connectivity index (χ0v) is 24.3. The number of furan rings is 1. The van der Waals surface area contributed by atoms with Gasteiger partial charge in [-0.25, -0.2) is 0 Å². The maximum atomic E-state index is 6.54. The van der Waals surface area contributed by atoms with E-state index in [2.05, 4.69) is 167 Å². The van der Waals surface area contributed by atoms with E-state index in [0.717, 1.165) is 33.3 Å². The Bertz CT molecular complexity index is 2740. The highest BCUT2D eigenvalue weighted by molar-refractivity contribution is 6.19. The van der Waals surface area contributed by atoms with Crippen LogP contribution in [0.1, 0.15) is 0 Å². The van der Waals surface area contributed by atoms with Crippen LogP contribution >= 0.6 is 0 Å². The van der Waals surface area contributed by atoms with Gasteiger partial charge in [0.15, 0.2) is 0 Å². The summed E-state index contributed by atoms with van der Waals surface area (Å²) in [6, 6.07) is 56.4. The zero-order valence-electron chi connectivity index (χ0n) is 24.3. The summed E-state index contributed by atoms with van der Waals surface area (Å²) in [6.45, 7) is 0. The topological polar surface area (TPSA) is 23.0 Å². The number of hydrogen-bond donors (Lipinski definition) is 0. The molecule has 0 fully saturated rings. The van der Waals surface area contributed by atoms with Gasteiger partial charge in [-0.2, -0.15) is 0 Å². The Morgan fingerprint density at radius 3 is 1.64 bits per heavy atom. The quantitative estimate of drug-likeness (QED) is 0.206. The Balaban J connectivity index is 1.27. The fraction of sp³-hybridized carbons (Fsp3) is 0. The fourth-order valence-corrected chi connectivity index (χ4v) is 7.38. The normalized spacial score (nSPS) is 12.0. The van der Waals surface area contributed by atoms with E-state index < -0.39 is 0 Å². The molecule has 0 N–H and O–H groups in total. The van der Waals surface area contributed by atoms with Crippen LogP contribution in [0.15, 0.2) is 162 Å². The van der Waals surface area contributed by atoms with Crippen LogP contribution < -0.4 is 0 Å². The van der Waals surface area contributed by atoms with E-state index in [-0.39, 0.29) is 0 Å². The highest BCUT2D eigenvalue weighted by Crippen LogP contribution is 2.41. The highest BCUT2D eigenvalue weighted by atomic mass is 16.3. The molecule has 3 heteroatoms. The summed E-state index contributed by atoms with van der Waals surface area (Å²) in [7, 11) is 0. The molecule has 0 atom stereocenters. The number of para-hydroxylation sites is 3. The number of nitrogens with zero attached hydrogens (tertiary/aromatic N) is 2. The van der Waals surface area contributed by atoms with Gasteiger partial charge in [0.25, 0.3) is 0 Å². The van der Waals surface area contributed by atoms with Crippen LogP contribution in [0.3, 0.4) is 0 Å². The fourth-order valence-electron chi connectivity index (χ4n) is 7.38. The predicted molar refractivity (Wildman–Crippen MR) is 188 cm³/mol. The molecule has 0 spiro atoms. The average molecular weight is 575 g/mol. The molecule has 0 aliphatic rings. The van der Waals surface area contributed by atoms with Gasteiger partial charge in [0.05, 0.1) is 22.1 Å². The Labute approximate surface area is 258 Å². The summed E-state index contributed by atoms with van der Waals surface area (Å²) >= 11 is 0. The molecule has 0 aliphatic carbocycles. The Morgan fingerprint density at radius 2 is 0.956 bits per heavy atom. The van der Waals surface area contributed by atoms with Gasteiger partial charge < -0.3 is 13.6 Å². The molecule has 3 nitrogen and oxygen atoms in total. The first kappa shape index (κ1) is 24.4. The first-order valence-corrected chi connectivity index (χ1v) is 15.4. The van der Waals surface area contributed by atoms with Crippen molar-refractivity contribution in [1.29, 1.82) is 0 Å². The predicted octanol–water partition coefficient (Wildman–Crippen LogP) is 11.4. The van der Waals surface area contributed by atoms with Crippen molar-refractivity contribution < 1.29 is 4.42 Å². The van der Waals surface area contributed by atoms with Crippen LogP contribution in [-0.4, -0.2) is 9.13 Å². The minimum Gasteiger partial charge on any atom is -0.456 e. The SMILES string of the molecule is c1ccc(-c2cccc3oc4cc(-n5c6ccccc6c6cc7c(cc65)c5ccccc5n7-c5ccccc5)ccc4c23)cc1. The first-order chi connectivity index (χ1) is 22.3. The molecule has 0 unspecified atom stereocenters. The summed E-state index contributed by atoms with van der Waals surface area (Å²) < 4.78 is 11.3. The van der Waals surface area contributed by atoms with Gasteiger partial charge in [-0.3, -0.25) is 0 Å². The average Bonchev–Trinajstić information content (AvgIpc) is 3.75. The maximum Gasteiger partial charge on any atom is 0.137 e. The third kappa shape index (κ3) is 3.46. The van der Waals surface area contributed by atoms with Crippen LogP contribution in [0, 0.1) is 0 Å². The smallest absolute Gasteiger partial charge is 0.137 e. The van der Waals surface area contributed by atoms with E-state index in [0.29, 0.717) is 0 Å². The third-order valence-corrected chi connectivity index (χ3v) is 9.30. The van der Waals surface area contributed by atoms with Crippen molar-refractivity contribution in [2.24, 2.45) is 0 Å². The third-order valence-electron chi connectivity index (χ3n) is 9.30. The summed E-state index contributed by atoms with van der Waals surface area (Å²) in [5.74, 6) is 0. The van der Waals surface area contributed by atoms with Gasteiger partial charge in [0, 0.05) is 49.8 Å². The van der Waals surface area contributed by atoms with Crippen LogP contribution in [-0.2, 0) is 0 Å². The molecule has 210 valence electrons. The molecule has 45 heavy (non-hydrogen) atoms. The summed E-state index contributed by atoms with van der Waals surface area (Å²) in [6.07, 6.45) is 0. The largest absolute Gasteiger partial charge is 0.456 e. The van der Waals surface area contributed by atoms with Crippen molar-refractivity contribution in [3.63, 3.8) is 0 Å². The lowest BCUT2D eigenvalue weighted by atomic mass is 9.99. The second-order valence-electron chi connectivity index (χ2n) is 11.8. The summed E-state index contributed by atoms with van der Waals surface area (Å²) in [4.78, 5) is 0. The van der Waals surface area contributed by atoms with E-state index in [1.807, 2.05) is 0 Å². The van der Waals surface area contributed by atoms with Crippen LogP contribution in [0.25, 0.3) is 88.1 Å². The van der Waals surface area contributed by atoms with E-state index in [1.165, 1.54) is 54.7 Å². The van der Waals surface area contributed by atoms with Crippen LogP contribution in [0.5, 0.6) is 0 Å². The van der Waals surface area contributed by atoms with Crippen molar-refractivity contribution >= 4 is 65.6 Å². The van der Waals surface area contributed by atoms with Crippen molar-refractivity contribution in [3.8, 4) is 22.5 Å². The number of benzene rings is 7. The molecule has 0 aliphatic heterocycles. The minimum atomic E-state index is 0.888. The van der Waals surface area contributed by atoms with Crippen molar-refractivity contribution in [1.82, 2.24) is 9.13 Å². The second-order valence-corrected chi connectivity index (χ2v) is 11.8. The van der Waals surface area contributed by atoms with Gasteiger partial charge in [-0.1, -0.05) is 97.1 Å². The number of aromatic nitrogens is 2. The molecule has 0 radical (unpaired) electrons. The van der Waals surface area contributed by atoms with Gasteiger partial charge in [0.1, 0.15) is 11.2 Å². The molecule has 3 aromatic heterocycles. The highest BCUT2D eigenvalue weighted by Gasteiger charge is 2.19. The zero-order chi connectivity index (χ0) is 29.5. The molecular weight excluding hydrogens is 548 g/mol. The van der Waals surface area contributed by atoms with E-state index >= 15 is 0 Å². The lowest BCUT2D eigenvalue weighted by Gasteiger charge is -2.09. The lowest BCUT2D eigenvalue weighted by Crippen LogP contribution is -1.94. The molecule has 0 saturated carbocycles. The number of rotatable bonds is 3. The molecular formula is C42H26N2O. The summed E-state index contributed by atoms with van der Waals surface area (Å²) in [5.41, 5.74) is 11.2. The first-order valence-electron chi connectivity index (χ1n) is 15.4. The minimum absolute atomic E-state index is 0.888. The molecule has 0 bridgehead atoms. The summed E-state index contributed by atoms with van der Waals surface area (Å²) in [5, 5.41) is 7.23. The Hall–Kier alpha value is -6.06. The number of hydrogen-bond acceptors (Lipinski definition) is 1. The van der Waals surface area contributed by atoms with Crippen LogP contribution in [0.2, 0.25) is 0 Å². The van der Waals surface area contributed by atoms with Crippen LogP contribution in [0.4, 0.5) is 0 Å². The van der Waals surface area contributed by atoms with Crippen molar-refractivity contribution in [2.75, 3.05) is 0 Å². The van der Waals surface area contributed by atoms with E-state index in [9.17, 15) is 0 Å². The Morgan fingerprint density at radius 1 is 0.356 bits per heavy atom.